The second-order valence-corrected chi connectivity index (χ2v) is 6.37. The molecule has 4 rings (SSSR count). The molecule has 1 fully saturated rings. The molecule has 0 radical (unpaired) electrons. The SMILES string of the molecule is CN(C(=O)c1ccc2n[nH]nc2c1)[C@@H]1CCCN(c2ccccn2)C1. The molecule has 1 saturated heterocycles. The zero-order valence-electron chi connectivity index (χ0n) is 14.1. The van der Waals surface area contributed by atoms with Gasteiger partial charge in [0.2, 0.25) is 0 Å². The van der Waals surface area contributed by atoms with Gasteiger partial charge in [0.05, 0.1) is 0 Å². The van der Waals surface area contributed by atoms with E-state index in [0.717, 1.165) is 37.3 Å². The summed E-state index contributed by atoms with van der Waals surface area (Å²) in [5.74, 6) is 0.981. The lowest BCUT2D eigenvalue weighted by atomic mass is 10.0. The van der Waals surface area contributed by atoms with Crippen LogP contribution in [0.5, 0.6) is 0 Å². The van der Waals surface area contributed by atoms with Crippen molar-refractivity contribution in [1.29, 1.82) is 0 Å². The highest BCUT2D eigenvalue weighted by Crippen LogP contribution is 2.22. The molecule has 1 amide bonds. The van der Waals surface area contributed by atoms with E-state index in [-0.39, 0.29) is 11.9 Å². The second kappa shape index (κ2) is 6.51. The lowest BCUT2D eigenvalue weighted by molar-refractivity contribution is 0.0717. The smallest absolute Gasteiger partial charge is 0.253 e. The number of pyridine rings is 1. The molecular formula is C18H20N6O. The zero-order chi connectivity index (χ0) is 17.2. The molecule has 1 aliphatic rings. The van der Waals surface area contributed by atoms with Gasteiger partial charge in [-0.25, -0.2) is 4.98 Å². The Balaban J connectivity index is 1.51. The average molecular weight is 336 g/mol. The number of aromatic amines is 1. The number of rotatable bonds is 3. The van der Waals surface area contributed by atoms with E-state index in [1.54, 1.807) is 12.3 Å². The van der Waals surface area contributed by atoms with Gasteiger partial charge < -0.3 is 9.80 Å². The highest BCUT2D eigenvalue weighted by molar-refractivity contribution is 5.97. The number of aromatic nitrogens is 4. The highest BCUT2D eigenvalue weighted by atomic mass is 16.2. The van der Waals surface area contributed by atoms with Gasteiger partial charge in [-0.2, -0.15) is 15.4 Å². The van der Waals surface area contributed by atoms with Crippen molar-refractivity contribution in [2.75, 3.05) is 25.0 Å². The lowest BCUT2D eigenvalue weighted by Crippen LogP contribution is -2.48. The third-order valence-corrected chi connectivity index (χ3v) is 4.80. The van der Waals surface area contributed by atoms with Crippen molar-refractivity contribution in [1.82, 2.24) is 25.3 Å². The first-order valence-electron chi connectivity index (χ1n) is 8.46. The lowest BCUT2D eigenvalue weighted by Gasteiger charge is -2.38. The molecule has 128 valence electrons. The number of nitrogens with one attached hydrogen (secondary N) is 1. The van der Waals surface area contributed by atoms with Gasteiger partial charge in [0.1, 0.15) is 16.9 Å². The summed E-state index contributed by atoms with van der Waals surface area (Å²) in [4.78, 5) is 21.4. The number of carbonyl (C=O) groups is 1. The Kier molecular flexibility index (Phi) is 4.05. The standard InChI is InChI=1S/C18H20N6O/c1-23(18(25)13-7-8-15-16(11-13)21-22-20-15)14-5-4-10-24(12-14)17-6-2-3-9-19-17/h2-3,6-9,11,14H,4-5,10,12H2,1H3,(H,20,21,22)/t14-/m1/s1. The number of nitrogens with zero attached hydrogens (tertiary/aromatic N) is 5. The third kappa shape index (κ3) is 3.05. The van der Waals surface area contributed by atoms with E-state index in [2.05, 4.69) is 25.3 Å². The molecule has 3 aromatic rings. The van der Waals surface area contributed by atoms with Crippen molar-refractivity contribution in [3.8, 4) is 0 Å². The van der Waals surface area contributed by atoms with E-state index >= 15 is 0 Å². The number of hydrogen-bond acceptors (Lipinski definition) is 5. The predicted octanol–water partition coefficient (Wildman–Crippen LogP) is 2.09. The largest absolute Gasteiger partial charge is 0.355 e. The Morgan fingerprint density at radius 1 is 1.24 bits per heavy atom. The Morgan fingerprint density at radius 2 is 2.12 bits per heavy atom. The molecule has 0 spiro atoms. The number of H-pyrrole nitrogens is 1. The van der Waals surface area contributed by atoms with Crippen LogP contribution in [0, 0.1) is 0 Å². The summed E-state index contributed by atoms with van der Waals surface area (Å²) in [5.41, 5.74) is 2.11. The van der Waals surface area contributed by atoms with Crippen molar-refractivity contribution in [3.63, 3.8) is 0 Å². The van der Waals surface area contributed by atoms with Gasteiger partial charge in [-0.05, 0) is 43.2 Å². The van der Waals surface area contributed by atoms with Gasteiger partial charge in [0.15, 0.2) is 0 Å². The second-order valence-electron chi connectivity index (χ2n) is 6.37. The first-order chi connectivity index (χ1) is 12.2. The molecule has 0 saturated carbocycles. The molecule has 0 unspecified atom stereocenters. The normalized spacial score (nSPS) is 17.6. The van der Waals surface area contributed by atoms with E-state index in [9.17, 15) is 4.79 Å². The van der Waals surface area contributed by atoms with Crippen LogP contribution in [-0.4, -0.2) is 57.4 Å². The van der Waals surface area contributed by atoms with E-state index in [1.807, 2.05) is 42.3 Å². The number of carbonyl (C=O) groups excluding carboxylic acids is 1. The van der Waals surface area contributed by atoms with Crippen LogP contribution < -0.4 is 4.90 Å². The van der Waals surface area contributed by atoms with E-state index in [4.69, 9.17) is 0 Å². The number of hydrogen-bond donors (Lipinski definition) is 1. The Morgan fingerprint density at radius 3 is 2.96 bits per heavy atom. The van der Waals surface area contributed by atoms with Crippen LogP contribution in [0.4, 0.5) is 5.82 Å². The summed E-state index contributed by atoms with van der Waals surface area (Å²) in [7, 11) is 1.88. The number of fused-ring (bicyclic) bond motifs is 1. The molecule has 2 aromatic heterocycles. The van der Waals surface area contributed by atoms with Crippen LogP contribution in [0.15, 0.2) is 42.6 Å². The van der Waals surface area contributed by atoms with E-state index in [1.165, 1.54) is 0 Å². The summed E-state index contributed by atoms with van der Waals surface area (Å²) >= 11 is 0. The van der Waals surface area contributed by atoms with Gasteiger partial charge >= 0.3 is 0 Å². The van der Waals surface area contributed by atoms with Crippen molar-refractivity contribution in [2.24, 2.45) is 0 Å². The number of benzene rings is 1. The van der Waals surface area contributed by atoms with Crippen LogP contribution >= 0.6 is 0 Å². The van der Waals surface area contributed by atoms with Crippen LogP contribution in [0.3, 0.4) is 0 Å². The van der Waals surface area contributed by atoms with Crippen molar-refractivity contribution in [3.05, 3.63) is 48.2 Å². The van der Waals surface area contributed by atoms with Crippen LogP contribution in [0.2, 0.25) is 0 Å². The zero-order valence-corrected chi connectivity index (χ0v) is 14.1. The van der Waals surface area contributed by atoms with Gasteiger partial charge in [-0.1, -0.05) is 6.07 Å². The molecule has 1 aromatic carbocycles. The molecule has 1 aliphatic heterocycles. The molecule has 1 atom stereocenters. The Bertz CT molecular complexity index is 877. The fourth-order valence-corrected chi connectivity index (χ4v) is 3.36. The quantitative estimate of drug-likeness (QED) is 0.792. The van der Waals surface area contributed by atoms with Gasteiger partial charge in [0, 0.05) is 37.9 Å². The van der Waals surface area contributed by atoms with Crippen molar-refractivity contribution < 1.29 is 4.79 Å². The minimum atomic E-state index is 0.0118. The molecule has 7 nitrogen and oxygen atoms in total. The van der Waals surface area contributed by atoms with Crippen LogP contribution in [0.25, 0.3) is 11.0 Å². The fourth-order valence-electron chi connectivity index (χ4n) is 3.36. The van der Waals surface area contributed by atoms with Crippen molar-refractivity contribution >= 4 is 22.8 Å². The van der Waals surface area contributed by atoms with Crippen molar-refractivity contribution in [2.45, 2.75) is 18.9 Å². The first-order valence-corrected chi connectivity index (χ1v) is 8.46. The minimum Gasteiger partial charge on any atom is -0.355 e. The van der Waals surface area contributed by atoms with E-state index < -0.39 is 0 Å². The van der Waals surface area contributed by atoms with E-state index in [0.29, 0.717) is 11.1 Å². The van der Waals surface area contributed by atoms with Gasteiger partial charge in [-0.3, -0.25) is 4.79 Å². The topological polar surface area (TPSA) is 78.0 Å². The maximum absolute atomic E-state index is 12.9. The minimum absolute atomic E-state index is 0.0118. The number of piperidine rings is 1. The average Bonchev–Trinajstić information content (AvgIpc) is 3.15. The maximum atomic E-state index is 12.9. The molecule has 3 heterocycles. The monoisotopic (exact) mass is 336 g/mol. The summed E-state index contributed by atoms with van der Waals surface area (Å²) < 4.78 is 0. The Hall–Kier alpha value is -2.96. The molecule has 0 aliphatic carbocycles. The highest BCUT2D eigenvalue weighted by Gasteiger charge is 2.27. The Labute approximate surface area is 145 Å². The fraction of sp³-hybridized carbons (Fsp3) is 0.333. The maximum Gasteiger partial charge on any atom is 0.253 e. The molecular weight excluding hydrogens is 316 g/mol. The van der Waals surface area contributed by atoms with Crippen LogP contribution in [0.1, 0.15) is 23.2 Å². The molecule has 0 bridgehead atoms. The number of likely N-dealkylation sites (N-methyl/N-ethyl adjacent to an activating group) is 1. The first kappa shape index (κ1) is 15.6. The molecule has 1 N–H and O–H groups in total. The third-order valence-electron chi connectivity index (χ3n) is 4.80. The summed E-state index contributed by atoms with van der Waals surface area (Å²) in [6.07, 6.45) is 3.85. The predicted molar refractivity (Wildman–Crippen MR) is 95.5 cm³/mol. The summed E-state index contributed by atoms with van der Waals surface area (Å²) in [6, 6.07) is 11.5. The summed E-state index contributed by atoms with van der Waals surface area (Å²) in [6.45, 7) is 1.77. The molecule has 7 heteroatoms. The summed E-state index contributed by atoms with van der Waals surface area (Å²) in [5, 5.41) is 10.7. The van der Waals surface area contributed by atoms with Crippen LogP contribution in [-0.2, 0) is 0 Å². The molecule has 25 heavy (non-hydrogen) atoms. The van der Waals surface area contributed by atoms with Gasteiger partial charge in [0.25, 0.3) is 5.91 Å². The van der Waals surface area contributed by atoms with Gasteiger partial charge in [-0.15, -0.1) is 0 Å². The number of anilines is 1. The number of amides is 1.